The second kappa shape index (κ2) is 6.07. The van der Waals surface area contributed by atoms with Gasteiger partial charge in [-0.25, -0.2) is 17.2 Å². The number of rotatable bonds is 6. The van der Waals surface area contributed by atoms with Crippen LogP contribution < -0.4 is 4.72 Å². The summed E-state index contributed by atoms with van der Waals surface area (Å²) in [5.41, 5.74) is 0. The van der Waals surface area contributed by atoms with Crippen LogP contribution in [0.1, 0.15) is 19.8 Å². The van der Waals surface area contributed by atoms with Gasteiger partial charge in [-0.3, -0.25) is 4.79 Å². The molecule has 1 aromatic rings. The van der Waals surface area contributed by atoms with Crippen molar-refractivity contribution in [1.29, 1.82) is 0 Å². The topological polar surface area (TPSA) is 83.5 Å². The summed E-state index contributed by atoms with van der Waals surface area (Å²) in [5.74, 6) is -3.82. The van der Waals surface area contributed by atoms with E-state index in [9.17, 15) is 22.0 Å². The highest BCUT2D eigenvalue weighted by Gasteiger charge is 2.25. The zero-order chi connectivity index (χ0) is 14.6. The Morgan fingerprint density at radius 3 is 2.47 bits per heavy atom. The number of carbonyl (C=O) groups is 1. The van der Waals surface area contributed by atoms with Gasteiger partial charge in [0.2, 0.25) is 10.0 Å². The van der Waals surface area contributed by atoms with E-state index in [0.717, 1.165) is 6.07 Å². The molecular weight excluding hydrogens is 280 g/mol. The predicted molar refractivity (Wildman–Crippen MR) is 63.0 cm³/mol. The summed E-state index contributed by atoms with van der Waals surface area (Å²) in [6.07, 6.45) is 0.551. The smallest absolute Gasteiger partial charge is 0.321 e. The van der Waals surface area contributed by atoms with Crippen LogP contribution in [-0.4, -0.2) is 25.5 Å². The van der Waals surface area contributed by atoms with Crippen molar-refractivity contribution in [2.24, 2.45) is 0 Å². The molecule has 0 saturated carbocycles. The average molecular weight is 293 g/mol. The van der Waals surface area contributed by atoms with E-state index in [0.29, 0.717) is 18.6 Å². The molecule has 0 radical (unpaired) electrons. The minimum atomic E-state index is -4.20. The van der Waals surface area contributed by atoms with Crippen molar-refractivity contribution in [3.05, 3.63) is 29.8 Å². The van der Waals surface area contributed by atoms with Crippen molar-refractivity contribution in [2.45, 2.75) is 30.7 Å². The highest BCUT2D eigenvalue weighted by atomic mass is 32.2. The van der Waals surface area contributed by atoms with Crippen molar-refractivity contribution in [3.63, 3.8) is 0 Å². The molecule has 0 aromatic heterocycles. The predicted octanol–water partition coefficient (Wildman–Crippen LogP) is 1.50. The minimum Gasteiger partial charge on any atom is -0.480 e. The van der Waals surface area contributed by atoms with E-state index in [-0.39, 0.29) is 6.42 Å². The highest BCUT2D eigenvalue weighted by molar-refractivity contribution is 7.89. The summed E-state index contributed by atoms with van der Waals surface area (Å²) < 4.78 is 51.3. The van der Waals surface area contributed by atoms with Crippen molar-refractivity contribution in [2.75, 3.05) is 0 Å². The molecule has 0 bridgehead atoms. The van der Waals surface area contributed by atoms with Crippen LogP contribution in [0, 0.1) is 11.6 Å². The Morgan fingerprint density at radius 2 is 2.00 bits per heavy atom. The molecular formula is C11H13F2NO4S. The first-order chi connectivity index (χ1) is 8.77. The van der Waals surface area contributed by atoms with Crippen LogP contribution in [0.3, 0.4) is 0 Å². The number of nitrogens with one attached hydrogen (secondary N) is 1. The molecule has 8 heteroatoms. The molecule has 0 aliphatic carbocycles. The average Bonchev–Trinajstić information content (AvgIpc) is 2.31. The van der Waals surface area contributed by atoms with Gasteiger partial charge in [-0.05, 0) is 24.6 Å². The Balaban J connectivity index is 3.03. The number of benzene rings is 1. The molecule has 1 rings (SSSR count). The number of hydrogen-bond donors (Lipinski definition) is 2. The number of hydrogen-bond acceptors (Lipinski definition) is 3. The van der Waals surface area contributed by atoms with E-state index in [1.54, 1.807) is 6.92 Å². The molecule has 106 valence electrons. The van der Waals surface area contributed by atoms with Crippen LogP contribution in [-0.2, 0) is 14.8 Å². The van der Waals surface area contributed by atoms with Gasteiger partial charge in [0.15, 0.2) is 11.6 Å². The van der Waals surface area contributed by atoms with Crippen molar-refractivity contribution >= 4 is 16.0 Å². The van der Waals surface area contributed by atoms with E-state index >= 15 is 0 Å². The molecule has 0 aliphatic rings. The quantitative estimate of drug-likeness (QED) is 0.832. The second-order valence-electron chi connectivity index (χ2n) is 3.88. The first-order valence-corrected chi connectivity index (χ1v) is 6.96. The Hall–Kier alpha value is -1.54. The maximum atomic E-state index is 13.0. The van der Waals surface area contributed by atoms with Gasteiger partial charge in [-0.15, -0.1) is 0 Å². The molecule has 0 heterocycles. The first-order valence-electron chi connectivity index (χ1n) is 5.48. The SMILES string of the molecule is CCCC(NS(=O)(=O)c1ccc(F)c(F)c1)C(=O)O. The minimum absolute atomic E-state index is 0.0955. The molecule has 1 atom stereocenters. The second-order valence-corrected chi connectivity index (χ2v) is 5.59. The van der Waals surface area contributed by atoms with Gasteiger partial charge < -0.3 is 5.11 Å². The fraction of sp³-hybridized carbons (Fsp3) is 0.364. The largest absolute Gasteiger partial charge is 0.480 e. The summed E-state index contributed by atoms with van der Waals surface area (Å²) in [5, 5.41) is 8.85. The summed E-state index contributed by atoms with van der Waals surface area (Å²) in [4.78, 5) is 10.3. The van der Waals surface area contributed by atoms with E-state index in [4.69, 9.17) is 5.11 Å². The van der Waals surface area contributed by atoms with Crippen molar-refractivity contribution in [3.8, 4) is 0 Å². The molecule has 1 aromatic carbocycles. The number of carboxylic acids is 1. The Kier molecular flexibility index (Phi) is 4.96. The van der Waals surface area contributed by atoms with Crippen LogP contribution in [0.15, 0.2) is 23.1 Å². The van der Waals surface area contributed by atoms with Gasteiger partial charge in [-0.2, -0.15) is 4.72 Å². The van der Waals surface area contributed by atoms with E-state index in [2.05, 4.69) is 0 Å². The third-order valence-corrected chi connectivity index (χ3v) is 3.84. The van der Waals surface area contributed by atoms with Crippen LogP contribution in [0.2, 0.25) is 0 Å². The molecule has 0 aliphatic heterocycles. The van der Waals surface area contributed by atoms with Crippen LogP contribution >= 0.6 is 0 Å². The van der Waals surface area contributed by atoms with Crippen molar-refractivity contribution < 1.29 is 27.1 Å². The fourth-order valence-electron chi connectivity index (χ4n) is 1.42. The van der Waals surface area contributed by atoms with Gasteiger partial charge in [0.1, 0.15) is 6.04 Å². The lowest BCUT2D eigenvalue weighted by Crippen LogP contribution is -2.40. The summed E-state index contributed by atoms with van der Waals surface area (Å²) in [7, 11) is -4.20. The zero-order valence-electron chi connectivity index (χ0n) is 10.1. The molecule has 0 amide bonds. The maximum Gasteiger partial charge on any atom is 0.321 e. The Morgan fingerprint density at radius 1 is 1.37 bits per heavy atom. The number of sulfonamides is 1. The highest BCUT2D eigenvalue weighted by Crippen LogP contribution is 2.14. The maximum absolute atomic E-state index is 13.0. The van der Waals surface area contributed by atoms with Crippen LogP contribution in [0.4, 0.5) is 8.78 Å². The molecule has 19 heavy (non-hydrogen) atoms. The first kappa shape index (κ1) is 15.5. The monoisotopic (exact) mass is 293 g/mol. The fourth-order valence-corrected chi connectivity index (χ4v) is 2.66. The molecule has 2 N–H and O–H groups in total. The molecule has 1 unspecified atom stereocenters. The lowest BCUT2D eigenvalue weighted by molar-refractivity contribution is -0.139. The van der Waals surface area contributed by atoms with E-state index in [1.807, 2.05) is 4.72 Å². The van der Waals surface area contributed by atoms with E-state index < -0.39 is 38.6 Å². The van der Waals surface area contributed by atoms with Crippen molar-refractivity contribution in [1.82, 2.24) is 4.72 Å². The third kappa shape index (κ3) is 3.97. The van der Waals surface area contributed by atoms with E-state index in [1.165, 1.54) is 0 Å². The van der Waals surface area contributed by atoms with Crippen LogP contribution in [0.25, 0.3) is 0 Å². The summed E-state index contributed by atoms with van der Waals surface area (Å²) in [6.45, 7) is 1.70. The van der Waals surface area contributed by atoms with Gasteiger partial charge >= 0.3 is 5.97 Å². The van der Waals surface area contributed by atoms with Gasteiger partial charge in [0.25, 0.3) is 0 Å². The lowest BCUT2D eigenvalue weighted by atomic mass is 10.2. The number of carboxylic acid groups (broad SMARTS) is 1. The lowest BCUT2D eigenvalue weighted by Gasteiger charge is -2.13. The van der Waals surface area contributed by atoms with Gasteiger partial charge in [-0.1, -0.05) is 13.3 Å². The summed E-state index contributed by atoms with van der Waals surface area (Å²) >= 11 is 0. The Labute approximate surface area is 109 Å². The molecule has 0 spiro atoms. The van der Waals surface area contributed by atoms with Crippen LogP contribution in [0.5, 0.6) is 0 Å². The standard InChI is InChI=1S/C11H13F2NO4S/c1-2-3-10(11(15)16)14-19(17,18)7-4-5-8(12)9(13)6-7/h4-6,10,14H,2-3H2,1H3,(H,15,16). The molecule has 0 saturated heterocycles. The summed E-state index contributed by atoms with van der Waals surface area (Å²) in [6, 6.07) is 0.733. The van der Waals surface area contributed by atoms with Gasteiger partial charge in [0, 0.05) is 0 Å². The molecule has 0 fully saturated rings. The zero-order valence-corrected chi connectivity index (χ0v) is 10.9. The number of aliphatic carboxylic acids is 1. The molecule has 5 nitrogen and oxygen atoms in total. The Bertz CT molecular complexity index is 574. The van der Waals surface area contributed by atoms with Gasteiger partial charge in [0.05, 0.1) is 4.90 Å². The normalized spacial score (nSPS) is 13.2. The number of halogens is 2. The third-order valence-electron chi connectivity index (χ3n) is 2.37.